The number of aromatic nitrogens is 1. The summed E-state index contributed by atoms with van der Waals surface area (Å²) in [6.45, 7) is 1.92. The maximum atomic E-state index is 10.8. The minimum absolute atomic E-state index is 0.0636. The molecule has 0 N–H and O–H groups in total. The highest BCUT2D eigenvalue weighted by molar-refractivity contribution is 5.88. The highest BCUT2D eigenvalue weighted by Gasteiger charge is 2.18. The van der Waals surface area contributed by atoms with E-state index in [1.54, 1.807) is 12.3 Å². The number of rotatable bonds is 2. The molecule has 0 atom stereocenters. The lowest BCUT2D eigenvalue weighted by molar-refractivity contribution is -0.385. The average molecular weight is 218 g/mol. The molecule has 0 aliphatic heterocycles. The van der Waals surface area contributed by atoms with E-state index in [0.29, 0.717) is 5.52 Å². The summed E-state index contributed by atoms with van der Waals surface area (Å²) in [7, 11) is 1.41. The van der Waals surface area contributed by atoms with Crippen molar-refractivity contribution in [2.24, 2.45) is 0 Å². The van der Waals surface area contributed by atoms with E-state index < -0.39 is 4.92 Å². The molecule has 0 aliphatic rings. The van der Waals surface area contributed by atoms with E-state index in [1.165, 1.54) is 13.2 Å². The molecular formula is C11H10N2O3. The lowest BCUT2D eigenvalue weighted by Gasteiger charge is -2.05. The molecule has 5 nitrogen and oxygen atoms in total. The predicted octanol–water partition coefficient (Wildman–Crippen LogP) is 2.46. The molecule has 0 spiro atoms. The Morgan fingerprint density at radius 3 is 2.81 bits per heavy atom. The van der Waals surface area contributed by atoms with Gasteiger partial charge in [-0.15, -0.1) is 0 Å². The van der Waals surface area contributed by atoms with Crippen molar-refractivity contribution in [3.63, 3.8) is 0 Å². The lowest BCUT2D eigenvalue weighted by Crippen LogP contribution is -1.95. The second-order valence-electron chi connectivity index (χ2n) is 3.46. The number of hydrogen-bond donors (Lipinski definition) is 0. The number of benzene rings is 1. The van der Waals surface area contributed by atoms with Crippen molar-refractivity contribution < 1.29 is 9.66 Å². The molecule has 2 aromatic rings. The van der Waals surface area contributed by atoms with Crippen molar-refractivity contribution in [3.8, 4) is 5.75 Å². The maximum absolute atomic E-state index is 10.8. The van der Waals surface area contributed by atoms with Crippen LogP contribution in [0.4, 0.5) is 5.69 Å². The lowest BCUT2D eigenvalue weighted by atomic mass is 10.1. The number of methoxy groups -OCH3 is 1. The Balaban J connectivity index is 2.80. The van der Waals surface area contributed by atoms with Crippen molar-refractivity contribution in [2.75, 3.05) is 7.11 Å². The summed E-state index contributed by atoms with van der Waals surface area (Å²) in [5.41, 5.74) is 1.46. The predicted molar refractivity (Wildman–Crippen MR) is 59.7 cm³/mol. The first-order chi connectivity index (χ1) is 7.63. The van der Waals surface area contributed by atoms with Crippen molar-refractivity contribution in [1.82, 2.24) is 4.98 Å². The maximum Gasteiger partial charge on any atom is 0.313 e. The first-order valence-electron chi connectivity index (χ1n) is 4.71. The largest absolute Gasteiger partial charge is 0.489 e. The first kappa shape index (κ1) is 10.4. The quantitative estimate of drug-likeness (QED) is 0.573. The molecule has 1 aromatic heterocycles. The zero-order valence-electron chi connectivity index (χ0n) is 8.93. The molecule has 0 aliphatic carbocycles. The molecule has 0 unspecified atom stereocenters. The van der Waals surface area contributed by atoms with Crippen LogP contribution < -0.4 is 4.74 Å². The first-order valence-corrected chi connectivity index (χ1v) is 4.71. The van der Waals surface area contributed by atoms with Crippen molar-refractivity contribution in [3.05, 3.63) is 40.1 Å². The number of ether oxygens (including phenoxy) is 1. The molecule has 1 heterocycles. The SMILES string of the molecule is COc1c([N+](=O)[O-])ccc2cc(C)cnc12. The van der Waals surface area contributed by atoms with Gasteiger partial charge in [-0.25, -0.2) is 0 Å². The van der Waals surface area contributed by atoms with E-state index in [-0.39, 0.29) is 11.4 Å². The number of nitro groups is 1. The Bertz CT molecular complexity index is 566. The zero-order valence-corrected chi connectivity index (χ0v) is 8.93. The van der Waals surface area contributed by atoms with Gasteiger partial charge < -0.3 is 4.74 Å². The highest BCUT2D eigenvalue weighted by Crippen LogP contribution is 2.33. The van der Waals surface area contributed by atoms with Gasteiger partial charge >= 0.3 is 5.69 Å². The molecule has 0 radical (unpaired) electrons. The van der Waals surface area contributed by atoms with E-state index in [1.807, 2.05) is 13.0 Å². The van der Waals surface area contributed by atoms with Gasteiger partial charge in [0.05, 0.1) is 12.0 Å². The zero-order chi connectivity index (χ0) is 11.7. The van der Waals surface area contributed by atoms with E-state index >= 15 is 0 Å². The van der Waals surface area contributed by atoms with Crippen LogP contribution in [0, 0.1) is 17.0 Å². The number of aryl methyl sites for hydroxylation is 1. The van der Waals surface area contributed by atoms with Crippen LogP contribution in [-0.4, -0.2) is 17.0 Å². The van der Waals surface area contributed by atoms with Gasteiger partial charge in [0, 0.05) is 17.6 Å². The molecule has 82 valence electrons. The summed E-state index contributed by atoms with van der Waals surface area (Å²) in [5, 5.41) is 11.6. The van der Waals surface area contributed by atoms with Crippen molar-refractivity contribution >= 4 is 16.6 Å². The van der Waals surface area contributed by atoms with Gasteiger partial charge in [0.25, 0.3) is 0 Å². The number of nitrogens with zero attached hydrogens (tertiary/aromatic N) is 2. The molecular weight excluding hydrogens is 208 g/mol. The normalized spacial score (nSPS) is 10.4. The second-order valence-corrected chi connectivity index (χ2v) is 3.46. The van der Waals surface area contributed by atoms with Crippen LogP contribution in [0.1, 0.15) is 5.56 Å². The molecule has 5 heteroatoms. The fourth-order valence-electron chi connectivity index (χ4n) is 1.62. The Hall–Kier alpha value is -2.17. The highest BCUT2D eigenvalue weighted by atomic mass is 16.6. The summed E-state index contributed by atoms with van der Waals surface area (Å²) in [5.74, 6) is 0.211. The van der Waals surface area contributed by atoms with Crippen LogP contribution in [0.5, 0.6) is 5.75 Å². The molecule has 2 rings (SSSR count). The third-order valence-electron chi connectivity index (χ3n) is 2.32. The second kappa shape index (κ2) is 3.77. The van der Waals surface area contributed by atoms with Crippen LogP contribution in [-0.2, 0) is 0 Å². The van der Waals surface area contributed by atoms with E-state index in [2.05, 4.69) is 4.98 Å². The third-order valence-corrected chi connectivity index (χ3v) is 2.32. The number of pyridine rings is 1. The van der Waals surface area contributed by atoms with Crippen molar-refractivity contribution in [1.29, 1.82) is 0 Å². The van der Waals surface area contributed by atoms with Gasteiger partial charge in [-0.1, -0.05) is 0 Å². The summed E-state index contributed by atoms with van der Waals surface area (Å²) in [6.07, 6.45) is 1.66. The van der Waals surface area contributed by atoms with E-state index in [4.69, 9.17) is 4.74 Å². The van der Waals surface area contributed by atoms with Gasteiger partial charge in [0.15, 0.2) is 0 Å². The summed E-state index contributed by atoms with van der Waals surface area (Å²) >= 11 is 0. The standard InChI is InChI=1S/C11H10N2O3/c1-7-5-8-3-4-9(13(14)15)11(16-2)10(8)12-6-7/h3-6H,1-2H3. The Morgan fingerprint density at radius 1 is 1.44 bits per heavy atom. The minimum atomic E-state index is -0.472. The fourth-order valence-corrected chi connectivity index (χ4v) is 1.62. The summed E-state index contributed by atoms with van der Waals surface area (Å²) < 4.78 is 5.06. The van der Waals surface area contributed by atoms with E-state index in [0.717, 1.165) is 10.9 Å². The third kappa shape index (κ3) is 1.56. The smallest absolute Gasteiger partial charge is 0.313 e. The van der Waals surface area contributed by atoms with Crippen LogP contribution in [0.25, 0.3) is 10.9 Å². The average Bonchev–Trinajstić information content (AvgIpc) is 2.26. The van der Waals surface area contributed by atoms with Crippen LogP contribution in [0.3, 0.4) is 0 Å². The molecule has 16 heavy (non-hydrogen) atoms. The monoisotopic (exact) mass is 218 g/mol. The van der Waals surface area contributed by atoms with Crippen LogP contribution in [0.15, 0.2) is 24.4 Å². The molecule has 0 bridgehead atoms. The topological polar surface area (TPSA) is 65.3 Å². The molecule has 1 aromatic carbocycles. The molecule has 0 fully saturated rings. The van der Waals surface area contributed by atoms with Gasteiger partial charge in [-0.3, -0.25) is 15.1 Å². The van der Waals surface area contributed by atoms with Gasteiger partial charge in [0.1, 0.15) is 5.52 Å². The summed E-state index contributed by atoms with van der Waals surface area (Å²) in [6, 6.07) is 5.02. The van der Waals surface area contributed by atoms with Gasteiger partial charge in [-0.2, -0.15) is 0 Å². The number of nitro benzene ring substituents is 1. The van der Waals surface area contributed by atoms with Gasteiger partial charge in [0.2, 0.25) is 5.75 Å². The minimum Gasteiger partial charge on any atom is -0.489 e. The molecule has 0 saturated carbocycles. The molecule has 0 amide bonds. The number of fused-ring (bicyclic) bond motifs is 1. The van der Waals surface area contributed by atoms with Gasteiger partial charge in [-0.05, 0) is 24.6 Å². The van der Waals surface area contributed by atoms with Crippen LogP contribution >= 0.6 is 0 Å². The fraction of sp³-hybridized carbons (Fsp3) is 0.182. The Labute approximate surface area is 91.8 Å². The molecule has 0 saturated heterocycles. The summed E-state index contributed by atoms with van der Waals surface area (Å²) in [4.78, 5) is 14.5. The van der Waals surface area contributed by atoms with Crippen LogP contribution in [0.2, 0.25) is 0 Å². The Kier molecular flexibility index (Phi) is 2.44. The number of hydrogen-bond acceptors (Lipinski definition) is 4. The Morgan fingerprint density at radius 2 is 2.19 bits per heavy atom. The van der Waals surface area contributed by atoms with E-state index in [9.17, 15) is 10.1 Å². The van der Waals surface area contributed by atoms with Crippen molar-refractivity contribution in [2.45, 2.75) is 6.92 Å².